The van der Waals surface area contributed by atoms with E-state index in [0.29, 0.717) is 24.2 Å². The van der Waals surface area contributed by atoms with Gasteiger partial charge in [0, 0.05) is 12.2 Å². The van der Waals surface area contributed by atoms with Crippen LogP contribution in [0.5, 0.6) is 0 Å². The summed E-state index contributed by atoms with van der Waals surface area (Å²) in [5.74, 6) is -0.579. The highest BCUT2D eigenvalue weighted by Crippen LogP contribution is 2.19. The molecule has 0 spiro atoms. The van der Waals surface area contributed by atoms with Crippen LogP contribution in [0.4, 0.5) is 10.5 Å². The second-order valence-corrected chi connectivity index (χ2v) is 4.98. The summed E-state index contributed by atoms with van der Waals surface area (Å²) in [6, 6.07) is 6.88. The zero-order chi connectivity index (χ0) is 16.1. The van der Waals surface area contributed by atoms with Gasteiger partial charge in [0.2, 0.25) is 5.91 Å². The molecule has 0 radical (unpaired) electrons. The third kappa shape index (κ3) is 3.54. The Bertz CT molecular complexity index is 624. The van der Waals surface area contributed by atoms with Crippen LogP contribution in [-0.2, 0) is 16.0 Å². The zero-order valence-corrected chi connectivity index (χ0v) is 12.3. The highest BCUT2D eigenvalue weighted by atomic mass is 16.5. The summed E-state index contributed by atoms with van der Waals surface area (Å²) in [4.78, 5) is 25.0. The summed E-state index contributed by atoms with van der Waals surface area (Å²) in [7, 11) is 0. The highest BCUT2D eigenvalue weighted by molar-refractivity contribution is 5.91. The fraction of sp³-hybridized carbons (Fsp3) is 0.400. The number of hydrogen-bond donors (Lipinski definition) is 2. The number of carbonyl (C=O) groups excluding carboxylic acids is 2. The van der Waals surface area contributed by atoms with E-state index in [-0.39, 0.29) is 19.2 Å². The fourth-order valence-electron chi connectivity index (χ4n) is 2.28. The van der Waals surface area contributed by atoms with Crippen molar-refractivity contribution < 1.29 is 14.3 Å². The van der Waals surface area contributed by atoms with Gasteiger partial charge >= 0.3 is 6.03 Å². The smallest absolute Gasteiger partial charge is 0.322 e. The Morgan fingerprint density at radius 2 is 2.32 bits per heavy atom. The predicted octanol–water partition coefficient (Wildman–Crippen LogP) is 0.839. The number of hydrogen-bond acceptors (Lipinski definition) is 4. The second-order valence-electron chi connectivity index (χ2n) is 4.98. The van der Waals surface area contributed by atoms with Crippen molar-refractivity contribution in [1.29, 1.82) is 5.26 Å². The number of nitrogens with two attached hydrogens (primary N) is 1. The van der Waals surface area contributed by atoms with Crippen molar-refractivity contribution in [2.45, 2.75) is 19.4 Å². The minimum Gasteiger partial charge on any atom is -0.367 e. The molecule has 1 fully saturated rings. The number of ether oxygens (including phenoxy) is 1. The first kappa shape index (κ1) is 15.8. The van der Waals surface area contributed by atoms with E-state index in [1.807, 2.05) is 6.92 Å². The monoisotopic (exact) mass is 302 g/mol. The summed E-state index contributed by atoms with van der Waals surface area (Å²) < 4.78 is 5.21. The Morgan fingerprint density at radius 1 is 1.55 bits per heavy atom. The van der Waals surface area contributed by atoms with Crippen LogP contribution >= 0.6 is 0 Å². The molecule has 7 nitrogen and oxygen atoms in total. The van der Waals surface area contributed by atoms with E-state index in [2.05, 4.69) is 11.4 Å². The lowest BCUT2D eigenvalue weighted by Gasteiger charge is -2.31. The van der Waals surface area contributed by atoms with Crippen LogP contribution < -0.4 is 11.1 Å². The lowest BCUT2D eigenvalue weighted by atomic mass is 10.1. The molecular formula is C15H18N4O3. The SMILES string of the molecule is CCc1cc(C#N)ccc1NC(=O)N1CCO[C@@H](C(N)=O)C1. The first-order valence-electron chi connectivity index (χ1n) is 7.05. The van der Waals surface area contributed by atoms with E-state index in [4.69, 9.17) is 15.7 Å². The van der Waals surface area contributed by atoms with E-state index < -0.39 is 12.0 Å². The highest BCUT2D eigenvalue weighted by Gasteiger charge is 2.27. The van der Waals surface area contributed by atoms with Gasteiger partial charge in [-0.05, 0) is 30.2 Å². The van der Waals surface area contributed by atoms with Crippen LogP contribution in [-0.4, -0.2) is 42.6 Å². The Balaban J connectivity index is 2.09. The number of benzene rings is 1. The number of rotatable bonds is 3. The van der Waals surface area contributed by atoms with Crippen molar-refractivity contribution in [3.8, 4) is 6.07 Å². The summed E-state index contributed by atoms with van der Waals surface area (Å²) in [6.45, 7) is 2.76. The second kappa shape index (κ2) is 6.91. The lowest BCUT2D eigenvalue weighted by Crippen LogP contribution is -2.51. The first-order chi connectivity index (χ1) is 10.5. The van der Waals surface area contributed by atoms with Crippen molar-refractivity contribution in [2.75, 3.05) is 25.0 Å². The topological polar surface area (TPSA) is 108 Å². The maximum absolute atomic E-state index is 12.3. The molecule has 22 heavy (non-hydrogen) atoms. The van der Waals surface area contributed by atoms with E-state index in [0.717, 1.165) is 5.56 Å². The van der Waals surface area contributed by atoms with Gasteiger partial charge in [-0.15, -0.1) is 0 Å². The molecule has 0 aliphatic carbocycles. The number of aryl methyl sites for hydroxylation is 1. The van der Waals surface area contributed by atoms with Crippen molar-refractivity contribution in [3.05, 3.63) is 29.3 Å². The number of nitrogens with zero attached hydrogens (tertiary/aromatic N) is 2. The third-order valence-electron chi connectivity index (χ3n) is 3.53. The number of nitrogens with one attached hydrogen (secondary N) is 1. The van der Waals surface area contributed by atoms with Crippen LogP contribution in [0.15, 0.2) is 18.2 Å². The summed E-state index contributed by atoms with van der Waals surface area (Å²) in [5, 5.41) is 11.7. The molecular weight excluding hydrogens is 284 g/mol. The van der Waals surface area contributed by atoms with Crippen LogP contribution in [0.1, 0.15) is 18.1 Å². The molecule has 3 amide bonds. The molecule has 0 saturated carbocycles. The Labute approximate surface area is 128 Å². The van der Waals surface area contributed by atoms with Crippen LogP contribution in [0.25, 0.3) is 0 Å². The largest absolute Gasteiger partial charge is 0.367 e. The standard InChI is InChI=1S/C15H18N4O3/c1-2-11-7-10(8-16)3-4-12(11)18-15(21)19-5-6-22-13(9-19)14(17)20/h3-4,7,13H,2,5-6,9H2,1H3,(H2,17,20)(H,18,21)/t13-/m1/s1. The maximum atomic E-state index is 12.3. The van der Waals surface area contributed by atoms with Gasteiger partial charge in [0.05, 0.1) is 24.8 Å². The molecule has 7 heteroatoms. The normalized spacial score (nSPS) is 17.6. The fourth-order valence-corrected chi connectivity index (χ4v) is 2.28. The number of urea groups is 1. The molecule has 0 bridgehead atoms. The molecule has 1 aliphatic heterocycles. The molecule has 0 unspecified atom stereocenters. The predicted molar refractivity (Wildman–Crippen MR) is 80.1 cm³/mol. The number of carbonyl (C=O) groups is 2. The molecule has 3 N–H and O–H groups in total. The van der Waals surface area contributed by atoms with Crippen molar-refractivity contribution in [1.82, 2.24) is 4.90 Å². The molecule has 2 rings (SSSR count). The van der Waals surface area contributed by atoms with Gasteiger partial charge in [0.15, 0.2) is 6.10 Å². The summed E-state index contributed by atoms with van der Waals surface area (Å²) in [6.07, 6.45) is -0.0795. The number of primary amides is 1. The molecule has 0 aromatic heterocycles. The van der Waals surface area contributed by atoms with Gasteiger partial charge in [-0.3, -0.25) is 4.79 Å². The van der Waals surface area contributed by atoms with Crippen LogP contribution in [0.3, 0.4) is 0 Å². The third-order valence-corrected chi connectivity index (χ3v) is 3.53. The van der Waals surface area contributed by atoms with Crippen LogP contribution in [0.2, 0.25) is 0 Å². The average molecular weight is 302 g/mol. The zero-order valence-electron chi connectivity index (χ0n) is 12.3. The number of amides is 3. The Kier molecular flexibility index (Phi) is 4.96. The van der Waals surface area contributed by atoms with Crippen molar-refractivity contribution in [2.24, 2.45) is 5.73 Å². The molecule has 1 aliphatic rings. The minimum atomic E-state index is -0.772. The van der Waals surface area contributed by atoms with Gasteiger partial charge in [0.25, 0.3) is 0 Å². The molecule has 1 saturated heterocycles. The quantitative estimate of drug-likeness (QED) is 0.862. The Hall–Kier alpha value is -2.59. The lowest BCUT2D eigenvalue weighted by molar-refractivity contribution is -0.133. The maximum Gasteiger partial charge on any atom is 0.322 e. The van der Waals surface area contributed by atoms with E-state index in [1.54, 1.807) is 18.2 Å². The van der Waals surface area contributed by atoms with Crippen molar-refractivity contribution in [3.63, 3.8) is 0 Å². The molecule has 1 heterocycles. The van der Waals surface area contributed by atoms with E-state index in [1.165, 1.54) is 4.90 Å². The Morgan fingerprint density at radius 3 is 2.95 bits per heavy atom. The van der Waals surface area contributed by atoms with E-state index in [9.17, 15) is 9.59 Å². The molecule has 1 atom stereocenters. The van der Waals surface area contributed by atoms with Gasteiger partial charge in [-0.2, -0.15) is 5.26 Å². The first-order valence-corrected chi connectivity index (χ1v) is 7.05. The number of nitriles is 1. The van der Waals surface area contributed by atoms with Crippen molar-refractivity contribution >= 4 is 17.6 Å². The summed E-state index contributed by atoms with van der Waals surface area (Å²) in [5.41, 5.74) is 7.30. The number of anilines is 1. The van der Waals surface area contributed by atoms with E-state index >= 15 is 0 Å². The van der Waals surface area contributed by atoms with Gasteiger partial charge < -0.3 is 20.7 Å². The molecule has 116 valence electrons. The average Bonchev–Trinajstić information content (AvgIpc) is 2.55. The van der Waals surface area contributed by atoms with Gasteiger partial charge in [-0.25, -0.2) is 4.79 Å². The number of morpholine rings is 1. The summed E-state index contributed by atoms with van der Waals surface area (Å²) >= 11 is 0. The van der Waals surface area contributed by atoms with Gasteiger partial charge in [0.1, 0.15) is 0 Å². The van der Waals surface area contributed by atoms with Gasteiger partial charge in [-0.1, -0.05) is 6.92 Å². The van der Waals surface area contributed by atoms with Crippen LogP contribution in [0, 0.1) is 11.3 Å². The molecule has 1 aromatic rings. The molecule has 1 aromatic carbocycles. The minimum absolute atomic E-state index is 0.138.